The number of carbonyl (C=O) groups is 1. The standard InChI is InChI=1S/C11H22O11.Fe.H2O/c12-1-4(14)7(17)6(16)3-22-11(21)10(20)9(19)8(18)5(15)2-13;;/h4-10,12-20H,1-3H2;;1H2/t4-,5-,6+,7+,8-,9+,10-;;/m1../s1. The number of hydrogen-bond acceptors (Lipinski definition) is 11. The first-order valence-corrected chi connectivity index (χ1v) is 6.32. The quantitative estimate of drug-likeness (QED) is 0.122. The largest absolute Gasteiger partial charge is 0.461 e. The number of ether oxygens (including phenoxy) is 1. The zero-order chi connectivity index (χ0) is 17.4. The SMILES string of the molecule is O.O=C(OC[C@H](O)[C@@H](O)[C@H](O)CO)[C@H](O)[C@@H](O)[C@H](O)[C@H](O)CO.[Fe]. The Kier molecular flexibility index (Phi) is 16.4. The molecule has 0 aromatic rings. The second-order valence-electron chi connectivity index (χ2n) is 4.61. The van der Waals surface area contributed by atoms with E-state index in [1.54, 1.807) is 0 Å². The first kappa shape index (κ1) is 28.4. The van der Waals surface area contributed by atoms with Crippen LogP contribution in [0, 0.1) is 0 Å². The third-order valence-electron chi connectivity index (χ3n) is 2.87. The summed E-state index contributed by atoms with van der Waals surface area (Å²) in [5, 5.41) is 82.0. The number of hydrogen-bond donors (Lipinski definition) is 9. The van der Waals surface area contributed by atoms with E-state index in [4.69, 9.17) is 20.4 Å². The fraction of sp³-hybridized carbons (Fsp3) is 0.909. The van der Waals surface area contributed by atoms with Gasteiger partial charge >= 0.3 is 5.97 Å². The maximum absolute atomic E-state index is 11.4. The first-order chi connectivity index (χ1) is 10.2. The Hall–Kier alpha value is -0.411. The van der Waals surface area contributed by atoms with Gasteiger partial charge in [0.2, 0.25) is 0 Å². The van der Waals surface area contributed by atoms with Gasteiger partial charge in [0.15, 0.2) is 6.10 Å². The Morgan fingerprint density at radius 3 is 1.58 bits per heavy atom. The molecule has 0 amide bonds. The van der Waals surface area contributed by atoms with E-state index in [0.717, 1.165) is 0 Å². The topological polar surface area (TPSA) is 240 Å². The van der Waals surface area contributed by atoms with E-state index in [0.29, 0.717) is 0 Å². The molecule has 0 aliphatic heterocycles. The van der Waals surface area contributed by atoms with Gasteiger partial charge in [-0.15, -0.1) is 0 Å². The van der Waals surface area contributed by atoms with Crippen LogP contribution >= 0.6 is 0 Å². The van der Waals surface area contributed by atoms with E-state index in [2.05, 4.69) is 4.74 Å². The van der Waals surface area contributed by atoms with Crippen molar-refractivity contribution in [3.63, 3.8) is 0 Å². The van der Waals surface area contributed by atoms with Crippen molar-refractivity contribution in [2.24, 2.45) is 0 Å². The van der Waals surface area contributed by atoms with E-state index < -0.39 is 68.5 Å². The fourth-order valence-corrected chi connectivity index (χ4v) is 1.38. The molecule has 0 heterocycles. The molecule has 24 heavy (non-hydrogen) atoms. The number of rotatable bonds is 10. The zero-order valence-corrected chi connectivity index (χ0v) is 13.5. The van der Waals surface area contributed by atoms with Crippen molar-refractivity contribution in [3.8, 4) is 0 Å². The van der Waals surface area contributed by atoms with Gasteiger partial charge in [0.25, 0.3) is 0 Å². The van der Waals surface area contributed by atoms with Crippen LogP contribution in [-0.2, 0) is 26.6 Å². The summed E-state index contributed by atoms with van der Waals surface area (Å²) >= 11 is 0. The van der Waals surface area contributed by atoms with Crippen LogP contribution in [0.15, 0.2) is 0 Å². The minimum absolute atomic E-state index is 0. The first-order valence-electron chi connectivity index (χ1n) is 6.32. The van der Waals surface area contributed by atoms with Crippen LogP contribution in [-0.4, -0.2) is 120 Å². The second kappa shape index (κ2) is 13.8. The van der Waals surface area contributed by atoms with Crippen molar-refractivity contribution in [3.05, 3.63) is 0 Å². The molecule has 148 valence electrons. The van der Waals surface area contributed by atoms with Gasteiger partial charge in [0, 0.05) is 17.1 Å². The molecular formula is C11H24FeO12. The van der Waals surface area contributed by atoms with Crippen molar-refractivity contribution in [1.29, 1.82) is 0 Å². The van der Waals surface area contributed by atoms with Gasteiger partial charge in [0.1, 0.15) is 43.2 Å². The normalized spacial score (nSPS) is 19.5. The van der Waals surface area contributed by atoms with Gasteiger partial charge in [-0.1, -0.05) is 0 Å². The molecule has 7 atom stereocenters. The summed E-state index contributed by atoms with van der Waals surface area (Å²) in [6, 6.07) is 0. The molecule has 0 saturated heterocycles. The van der Waals surface area contributed by atoms with E-state index in [9.17, 15) is 30.3 Å². The second-order valence-corrected chi connectivity index (χ2v) is 4.61. The summed E-state index contributed by atoms with van der Waals surface area (Å²) in [7, 11) is 0. The molecule has 0 saturated carbocycles. The van der Waals surface area contributed by atoms with Crippen LogP contribution in [0.4, 0.5) is 0 Å². The molecule has 0 spiro atoms. The summed E-state index contributed by atoms with van der Waals surface area (Å²) < 4.78 is 4.36. The smallest absolute Gasteiger partial charge is 0.337 e. The van der Waals surface area contributed by atoms with Crippen LogP contribution in [0.1, 0.15) is 0 Å². The van der Waals surface area contributed by atoms with Gasteiger partial charge < -0.3 is 56.2 Å². The van der Waals surface area contributed by atoms with Crippen molar-refractivity contribution in [2.75, 3.05) is 19.8 Å². The van der Waals surface area contributed by atoms with Crippen LogP contribution in [0.25, 0.3) is 0 Å². The van der Waals surface area contributed by atoms with Crippen molar-refractivity contribution in [2.45, 2.75) is 42.7 Å². The maximum Gasteiger partial charge on any atom is 0.337 e. The predicted molar refractivity (Wildman–Crippen MR) is 70.8 cm³/mol. The zero-order valence-electron chi connectivity index (χ0n) is 12.4. The number of carbonyl (C=O) groups excluding carboxylic acids is 1. The van der Waals surface area contributed by atoms with Gasteiger partial charge in [-0.25, -0.2) is 4.79 Å². The molecule has 12 nitrogen and oxygen atoms in total. The number of esters is 1. The molecule has 0 aliphatic carbocycles. The molecule has 0 unspecified atom stereocenters. The van der Waals surface area contributed by atoms with Crippen LogP contribution < -0.4 is 0 Å². The third kappa shape index (κ3) is 8.62. The molecule has 11 N–H and O–H groups in total. The average molecular weight is 404 g/mol. The van der Waals surface area contributed by atoms with Gasteiger partial charge in [-0.3, -0.25) is 0 Å². The molecule has 0 aromatic heterocycles. The number of aliphatic hydroxyl groups is 9. The van der Waals surface area contributed by atoms with Crippen molar-refractivity contribution in [1.82, 2.24) is 0 Å². The summed E-state index contributed by atoms with van der Waals surface area (Å²) in [5.41, 5.74) is 0. The molecule has 0 radical (unpaired) electrons. The molecule has 0 aromatic carbocycles. The van der Waals surface area contributed by atoms with Gasteiger partial charge in [-0.05, 0) is 0 Å². The van der Waals surface area contributed by atoms with Crippen LogP contribution in [0.3, 0.4) is 0 Å². The Bertz CT molecular complexity index is 332. The fourth-order valence-electron chi connectivity index (χ4n) is 1.38. The summed E-state index contributed by atoms with van der Waals surface area (Å²) in [5.74, 6) is -1.48. The summed E-state index contributed by atoms with van der Waals surface area (Å²) in [6.07, 6.45) is -13.6. The molecule has 0 rings (SSSR count). The molecule has 0 fully saturated rings. The van der Waals surface area contributed by atoms with Crippen molar-refractivity contribution < 1.29 is 78.0 Å². The van der Waals surface area contributed by atoms with Crippen LogP contribution in [0.2, 0.25) is 0 Å². The van der Waals surface area contributed by atoms with E-state index >= 15 is 0 Å². The Morgan fingerprint density at radius 2 is 1.17 bits per heavy atom. The number of aliphatic hydroxyl groups excluding tert-OH is 9. The minimum atomic E-state index is -2.29. The maximum atomic E-state index is 11.4. The monoisotopic (exact) mass is 404 g/mol. The van der Waals surface area contributed by atoms with Crippen molar-refractivity contribution >= 4 is 5.97 Å². The van der Waals surface area contributed by atoms with E-state index in [1.807, 2.05) is 0 Å². The molecule has 0 aliphatic rings. The average Bonchev–Trinajstić information content (AvgIpc) is 2.54. The van der Waals surface area contributed by atoms with Gasteiger partial charge in [-0.2, -0.15) is 0 Å². The minimum Gasteiger partial charge on any atom is -0.461 e. The Morgan fingerprint density at radius 1 is 0.750 bits per heavy atom. The summed E-state index contributed by atoms with van der Waals surface area (Å²) in [6.45, 7) is -2.65. The van der Waals surface area contributed by atoms with E-state index in [1.165, 1.54) is 0 Å². The summed E-state index contributed by atoms with van der Waals surface area (Å²) in [4.78, 5) is 11.4. The predicted octanol–water partition coefficient (Wildman–Crippen LogP) is -6.79. The molecule has 0 bridgehead atoms. The third-order valence-corrected chi connectivity index (χ3v) is 2.87. The molecular weight excluding hydrogens is 380 g/mol. The van der Waals surface area contributed by atoms with E-state index in [-0.39, 0.29) is 22.5 Å². The molecule has 13 heteroatoms. The Balaban J connectivity index is -0.00000220. The van der Waals surface area contributed by atoms with Crippen LogP contribution in [0.5, 0.6) is 0 Å². The van der Waals surface area contributed by atoms with Gasteiger partial charge in [0.05, 0.1) is 13.2 Å². The Labute approximate surface area is 147 Å².